The lowest BCUT2D eigenvalue weighted by atomic mass is 9.77. The minimum absolute atomic E-state index is 0.104. The van der Waals surface area contributed by atoms with Gasteiger partial charge in [-0.25, -0.2) is 18.9 Å². The van der Waals surface area contributed by atoms with Gasteiger partial charge in [-0.05, 0) is 67.3 Å². The standard InChI is InChI=1S/C26H24FN5O2/c27-20-13-18(17-5-7-21-19(12-17)2-1-10-29-21)6-8-22(20)32-23(30-31-25(32)34)14-26(9-11-28-15-26)24(33)16-3-4-16/h1-2,5-8,10,12-13,16,28H,3-4,9,11,14-15H2,(H,31,34)/t26-/m0/s1. The first-order valence-corrected chi connectivity index (χ1v) is 11.6. The van der Waals surface area contributed by atoms with Crippen molar-refractivity contribution < 1.29 is 9.18 Å². The predicted molar refractivity (Wildman–Crippen MR) is 126 cm³/mol. The zero-order chi connectivity index (χ0) is 23.3. The number of carbonyl (C=O) groups excluding carboxylic acids is 1. The van der Waals surface area contributed by atoms with Crippen LogP contribution in [0.4, 0.5) is 4.39 Å². The molecule has 0 bridgehead atoms. The summed E-state index contributed by atoms with van der Waals surface area (Å²) in [5.74, 6) is 0.195. The fourth-order valence-electron chi connectivity index (χ4n) is 5.09. The van der Waals surface area contributed by atoms with Crippen molar-refractivity contribution in [3.05, 3.63) is 76.9 Å². The van der Waals surface area contributed by atoms with Gasteiger partial charge in [-0.15, -0.1) is 0 Å². The lowest BCUT2D eigenvalue weighted by Gasteiger charge is -2.26. The van der Waals surface area contributed by atoms with Crippen LogP contribution in [0.15, 0.2) is 59.5 Å². The highest BCUT2D eigenvalue weighted by Gasteiger charge is 2.48. The van der Waals surface area contributed by atoms with E-state index in [4.69, 9.17) is 0 Å². The van der Waals surface area contributed by atoms with Crippen LogP contribution in [-0.2, 0) is 11.2 Å². The Bertz CT molecular complexity index is 1460. The zero-order valence-corrected chi connectivity index (χ0v) is 18.6. The SMILES string of the molecule is O=C(C1CC1)[C@]1(Cc2n[nH]c(=O)n2-c2ccc(-c3ccc4ncccc4c3)cc2F)CCNC1. The molecule has 2 aromatic carbocycles. The number of halogens is 1. The van der Waals surface area contributed by atoms with Gasteiger partial charge in [0.25, 0.3) is 0 Å². The first-order chi connectivity index (χ1) is 16.5. The van der Waals surface area contributed by atoms with Gasteiger partial charge in [0.05, 0.1) is 11.2 Å². The second kappa shape index (κ2) is 7.99. The van der Waals surface area contributed by atoms with Gasteiger partial charge in [-0.2, -0.15) is 5.10 Å². The van der Waals surface area contributed by atoms with Gasteiger partial charge in [-0.3, -0.25) is 9.78 Å². The Morgan fingerprint density at radius 2 is 1.97 bits per heavy atom. The number of nitrogens with one attached hydrogen (secondary N) is 2. The predicted octanol–water partition coefficient (Wildman–Crippen LogP) is 3.42. The van der Waals surface area contributed by atoms with Crippen molar-refractivity contribution in [2.24, 2.45) is 11.3 Å². The highest BCUT2D eigenvalue weighted by atomic mass is 19.1. The number of Topliss-reactive ketones (excluding diaryl/α,β-unsaturated/α-hetero) is 1. The van der Waals surface area contributed by atoms with Crippen LogP contribution in [0, 0.1) is 17.2 Å². The Labute approximate surface area is 195 Å². The summed E-state index contributed by atoms with van der Waals surface area (Å²) in [7, 11) is 0. The summed E-state index contributed by atoms with van der Waals surface area (Å²) in [6.45, 7) is 1.30. The molecule has 6 rings (SSSR count). The summed E-state index contributed by atoms with van der Waals surface area (Å²) in [6.07, 6.45) is 4.58. The molecule has 0 unspecified atom stereocenters. The van der Waals surface area contributed by atoms with E-state index >= 15 is 4.39 Å². The maximum Gasteiger partial charge on any atom is 0.348 e. The third-order valence-electron chi connectivity index (χ3n) is 7.08. The molecule has 0 spiro atoms. The molecule has 172 valence electrons. The molecule has 2 N–H and O–H groups in total. The highest BCUT2D eigenvalue weighted by Crippen LogP contribution is 2.42. The number of fused-ring (bicyclic) bond motifs is 1. The Balaban J connectivity index is 1.36. The molecular formula is C26H24FN5O2. The van der Waals surface area contributed by atoms with Crippen LogP contribution in [-0.4, -0.2) is 38.6 Å². The van der Waals surface area contributed by atoms with E-state index < -0.39 is 16.9 Å². The number of aromatic amines is 1. The molecule has 34 heavy (non-hydrogen) atoms. The van der Waals surface area contributed by atoms with E-state index in [0.717, 1.165) is 35.9 Å². The second-order valence-corrected chi connectivity index (χ2v) is 9.38. The van der Waals surface area contributed by atoms with Crippen molar-refractivity contribution in [3.63, 3.8) is 0 Å². The number of nitrogens with zero attached hydrogens (tertiary/aromatic N) is 3. The van der Waals surface area contributed by atoms with Gasteiger partial charge in [-0.1, -0.05) is 18.2 Å². The number of rotatable bonds is 6. The molecule has 1 saturated heterocycles. The van der Waals surface area contributed by atoms with E-state index in [1.54, 1.807) is 18.3 Å². The van der Waals surface area contributed by atoms with Gasteiger partial charge >= 0.3 is 5.69 Å². The molecule has 3 heterocycles. The third-order valence-corrected chi connectivity index (χ3v) is 7.08. The Hall–Kier alpha value is -3.65. The average Bonchev–Trinajstić information content (AvgIpc) is 3.50. The molecular weight excluding hydrogens is 433 g/mol. The van der Waals surface area contributed by atoms with Crippen LogP contribution < -0.4 is 11.0 Å². The third kappa shape index (κ3) is 3.54. The van der Waals surface area contributed by atoms with Crippen molar-refractivity contribution in [2.75, 3.05) is 13.1 Å². The molecule has 1 saturated carbocycles. The van der Waals surface area contributed by atoms with Gasteiger partial charge in [0.1, 0.15) is 17.4 Å². The van der Waals surface area contributed by atoms with Crippen LogP contribution in [0.5, 0.6) is 0 Å². The first-order valence-electron chi connectivity index (χ1n) is 11.6. The monoisotopic (exact) mass is 457 g/mol. The van der Waals surface area contributed by atoms with Crippen molar-refractivity contribution in [3.8, 4) is 16.8 Å². The van der Waals surface area contributed by atoms with Crippen molar-refractivity contribution in [1.29, 1.82) is 0 Å². The molecule has 0 amide bonds. The van der Waals surface area contributed by atoms with Gasteiger partial charge in [0.2, 0.25) is 0 Å². The number of H-pyrrole nitrogens is 1. The number of pyridine rings is 1. The molecule has 1 aliphatic carbocycles. The fraction of sp³-hybridized carbons (Fsp3) is 0.308. The minimum Gasteiger partial charge on any atom is -0.316 e. The maximum atomic E-state index is 15.4. The summed E-state index contributed by atoms with van der Waals surface area (Å²) < 4.78 is 16.7. The molecule has 8 heteroatoms. The van der Waals surface area contributed by atoms with E-state index in [1.807, 2.05) is 30.3 Å². The van der Waals surface area contributed by atoms with Crippen LogP contribution in [0.1, 0.15) is 25.1 Å². The lowest BCUT2D eigenvalue weighted by Crippen LogP contribution is -2.38. The second-order valence-electron chi connectivity index (χ2n) is 9.38. The summed E-state index contributed by atoms with van der Waals surface area (Å²) in [5, 5.41) is 10.9. The molecule has 1 atom stereocenters. The number of ketones is 1. The molecule has 0 radical (unpaired) electrons. The van der Waals surface area contributed by atoms with E-state index in [-0.39, 0.29) is 17.4 Å². The Morgan fingerprint density at radius 1 is 1.15 bits per heavy atom. The quantitative estimate of drug-likeness (QED) is 0.463. The van der Waals surface area contributed by atoms with Crippen LogP contribution in [0.25, 0.3) is 27.7 Å². The van der Waals surface area contributed by atoms with E-state index in [9.17, 15) is 9.59 Å². The Morgan fingerprint density at radius 3 is 2.74 bits per heavy atom. The summed E-state index contributed by atoms with van der Waals surface area (Å²) in [5.41, 5.74) is 1.44. The van der Waals surface area contributed by atoms with Crippen molar-refractivity contribution >= 4 is 16.7 Å². The first kappa shape index (κ1) is 20.9. The summed E-state index contributed by atoms with van der Waals surface area (Å²) >= 11 is 0. The van der Waals surface area contributed by atoms with Crippen molar-refractivity contribution in [1.82, 2.24) is 25.1 Å². The maximum absolute atomic E-state index is 15.4. The van der Waals surface area contributed by atoms with Crippen LogP contribution in [0.3, 0.4) is 0 Å². The lowest BCUT2D eigenvalue weighted by molar-refractivity contribution is -0.129. The zero-order valence-electron chi connectivity index (χ0n) is 18.6. The average molecular weight is 458 g/mol. The number of benzene rings is 2. The van der Waals surface area contributed by atoms with Gasteiger partial charge < -0.3 is 5.32 Å². The molecule has 2 aliphatic rings. The molecule has 2 fully saturated rings. The fourth-order valence-corrected chi connectivity index (χ4v) is 5.09. The molecule has 1 aliphatic heterocycles. The summed E-state index contributed by atoms with van der Waals surface area (Å²) in [4.78, 5) is 30.1. The number of hydrogen-bond donors (Lipinski definition) is 2. The van der Waals surface area contributed by atoms with Gasteiger partial charge in [0, 0.05) is 35.9 Å². The highest BCUT2D eigenvalue weighted by molar-refractivity contribution is 5.89. The minimum atomic E-state index is -0.597. The van der Waals surface area contributed by atoms with E-state index in [0.29, 0.717) is 30.8 Å². The van der Waals surface area contributed by atoms with Crippen LogP contribution in [0.2, 0.25) is 0 Å². The number of carbonyl (C=O) groups is 1. The van der Waals surface area contributed by atoms with E-state index in [2.05, 4.69) is 20.5 Å². The molecule has 7 nitrogen and oxygen atoms in total. The molecule has 2 aromatic heterocycles. The van der Waals surface area contributed by atoms with Crippen molar-refractivity contribution in [2.45, 2.75) is 25.7 Å². The van der Waals surface area contributed by atoms with E-state index in [1.165, 1.54) is 10.6 Å². The Kier molecular flexibility index (Phi) is 4.91. The van der Waals surface area contributed by atoms with Crippen LogP contribution >= 0.6 is 0 Å². The number of hydrogen-bond acceptors (Lipinski definition) is 5. The summed E-state index contributed by atoms with van der Waals surface area (Å²) in [6, 6.07) is 14.4. The molecule has 4 aromatic rings. The number of aromatic nitrogens is 4. The normalized spacial score (nSPS) is 20.1. The smallest absolute Gasteiger partial charge is 0.316 e. The topological polar surface area (TPSA) is 92.7 Å². The van der Waals surface area contributed by atoms with Gasteiger partial charge in [0.15, 0.2) is 0 Å². The largest absolute Gasteiger partial charge is 0.348 e.